The Labute approximate surface area is 194 Å². The fraction of sp³-hybridized carbons (Fsp3) is 0.450. The Kier molecular flexibility index (Phi) is 11.7. The molecule has 1 aromatic carbocycles. The molecule has 0 fully saturated rings. The summed E-state index contributed by atoms with van der Waals surface area (Å²) in [4.78, 5) is 57.5. The van der Waals surface area contributed by atoms with E-state index in [4.69, 9.17) is 9.84 Å². The first-order chi connectivity index (χ1) is 14.6. The summed E-state index contributed by atoms with van der Waals surface area (Å²) in [6.07, 6.45) is -2.12. The molecule has 0 radical (unpaired) electrons. The van der Waals surface area contributed by atoms with E-state index in [1.807, 2.05) is 6.07 Å². The van der Waals surface area contributed by atoms with Gasteiger partial charge in [-0.05, 0) is 13.3 Å². The number of carbonyl (C=O) groups is 5. The Morgan fingerprint density at radius 2 is 1.81 bits per heavy atom. The van der Waals surface area contributed by atoms with Gasteiger partial charge in [0, 0.05) is 6.42 Å². The summed E-state index contributed by atoms with van der Waals surface area (Å²) < 4.78 is 5.89. The van der Waals surface area contributed by atoms with Gasteiger partial charge in [-0.2, -0.15) is 0 Å². The molecule has 1 aromatic rings. The quantitative estimate of drug-likeness (QED) is 0.232. The van der Waals surface area contributed by atoms with E-state index >= 15 is 0 Å². The molecule has 11 heteroatoms. The molecule has 0 aromatic heterocycles. The molecule has 0 spiro atoms. The molecule has 2 amide bonds. The molecule has 170 valence electrons. The molecular weight excluding hydrogens is 607 g/mol. The van der Waals surface area contributed by atoms with Gasteiger partial charge >= 0.3 is 138 Å². The number of unbranched alkanes of at least 4 members (excludes halogenated alkanes) is 1. The van der Waals surface area contributed by atoms with E-state index in [9.17, 15) is 29.1 Å². The number of Topliss-reactive ketones (excluding diaryl/α,β-unsaturated/α-hetero) is 1. The average molecular weight is 632 g/mol. The third-order valence-electron chi connectivity index (χ3n) is 4.22. The van der Waals surface area contributed by atoms with Crippen LogP contribution in [-0.2, 0) is 19.1 Å². The number of ether oxygens (including phenoxy) is 1. The second-order valence-corrected chi connectivity index (χ2v) is 8.43. The number of ketones is 1. The van der Waals surface area contributed by atoms with Crippen LogP contribution in [0.25, 0.3) is 0 Å². The zero-order chi connectivity index (χ0) is 23.4. The SMILES string of the molecule is CC(=O)[C@H](CCC(=O)O)NC(=O)O[C@@H](CCCCNC(=O)c1cccc([211At])c1)C(=O)O. The second-order valence-electron chi connectivity index (χ2n) is 6.73. The van der Waals surface area contributed by atoms with Crippen LogP contribution >= 0.6 is 0 Å². The van der Waals surface area contributed by atoms with Crippen molar-refractivity contribution in [2.45, 2.75) is 51.2 Å². The molecule has 0 unspecified atom stereocenters. The molecule has 0 aliphatic carbocycles. The Hall–Kier alpha value is -2.55. The van der Waals surface area contributed by atoms with E-state index in [1.54, 1.807) is 18.2 Å². The molecule has 0 saturated heterocycles. The maximum atomic E-state index is 12.1. The number of carboxylic acid groups (broad SMARTS) is 2. The molecule has 1 rings (SSSR count). The maximum absolute atomic E-state index is 12.1. The van der Waals surface area contributed by atoms with Gasteiger partial charge in [0.1, 0.15) is 0 Å². The fourth-order valence-electron chi connectivity index (χ4n) is 2.57. The average Bonchev–Trinajstić information content (AvgIpc) is 2.69. The summed E-state index contributed by atoms with van der Waals surface area (Å²) in [7, 11) is 0. The number of hydrogen-bond donors (Lipinski definition) is 4. The number of nitrogens with one attached hydrogen (secondary N) is 2. The summed E-state index contributed by atoms with van der Waals surface area (Å²) in [5.74, 6) is -3.15. The van der Waals surface area contributed by atoms with Gasteiger partial charge in [-0.25, -0.2) is 4.79 Å². The van der Waals surface area contributed by atoms with E-state index in [2.05, 4.69) is 10.6 Å². The van der Waals surface area contributed by atoms with Crippen LogP contribution < -0.4 is 13.9 Å². The van der Waals surface area contributed by atoms with Gasteiger partial charge in [0.05, 0.1) is 6.04 Å². The van der Waals surface area contributed by atoms with Gasteiger partial charge in [-0.1, -0.05) is 0 Å². The number of amides is 2. The van der Waals surface area contributed by atoms with Crippen molar-refractivity contribution in [1.29, 1.82) is 0 Å². The van der Waals surface area contributed by atoms with Gasteiger partial charge < -0.3 is 10.4 Å². The van der Waals surface area contributed by atoms with Crippen molar-refractivity contribution in [2.24, 2.45) is 0 Å². The number of rotatable bonds is 13. The molecule has 0 aliphatic heterocycles. The summed E-state index contributed by atoms with van der Waals surface area (Å²) in [6.45, 7) is 1.52. The van der Waals surface area contributed by atoms with Gasteiger partial charge in [-0.3, -0.25) is 9.59 Å². The molecule has 0 saturated carbocycles. The molecule has 0 bridgehead atoms. The third-order valence-corrected chi connectivity index (χ3v) is 5.13. The van der Waals surface area contributed by atoms with Crippen molar-refractivity contribution in [3.63, 3.8) is 0 Å². The van der Waals surface area contributed by atoms with E-state index in [1.165, 1.54) is 31.6 Å². The number of carboxylic acids is 2. The normalized spacial score (nSPS) is 12.3. The van der Waals surface area contributed by atoms with E-state index < -0.39 is 36.0 Å². The number of aliphatic carboxylic acids is 2. The zero-order valence-electron chi connectivity index (χ0n) is 16.9. The molecular formula is C20H25AtN2O8. The van der Waals surface area contributed by atoms with E-state index in [-0.39, 0.29) is 25.2 Å². The molecule has 31 heavy (non-hydrogen) atoms. The first-order valence-corrected chi connectivity index (χ1v) is 11.0. The monoisotopic (exact) mass is 632 g/mol. The van der Waals surface area contributed by atoms with Crippen molar-refractivity contribution in [3.8, 4) is 0 Å². The second kappa shape index (κ2) is 13.7. The van der Waals surface area contributed by atoms with Crippen molar-refractivity contribution < 1.29 is 63.6 Å². The van der Waals surface area contributed by atoms with Crippen LogP contribution in [0.5, 0.6) is 0 Å². The first-order valence-electron chi connectivity index (χ1n) is 9.56. The number of hydrogen-bond acceptors (Lipinski definition) is 6. The van der Waals surface area contributed by atoms with Gasteiger partial charge in [0.15, 0.2) is 5.78 Å². The van der Waals surface area contributed by atoms with E-state index in [0.717, 1.165) is 3.27 Å². The van der Waals surface area contributed by atoms with Gasteiger partial charge in [0.2, 0.25) is 0 Å². The van der Waals surface area contributed by atoms with E-state index in [0.29, 0.717) is 24.9 Å². The van der Waals surface area contributed by atoms with Crippen LogP contribution in [0.1, 0.15) is 49.4 Å². The van der Waals surface area contributed by atoms with Crippen molar-refractivity contribution in [2.75, 3.05) is 6.54 Å². The van der Waals surface area contributed by atoms with Crippen molar-refractivity contribution in [3.05, 3.63) is 29.8 Å². The first kappa shape index (κ1) is 26.5. The Balaban J connectivity index is 2.42. The predicted molar refractivity (Wildman–Crippen MR) is 105 cm³/mol. The standard InChI is InChI=1S/C20H25AtN2O8/c1-12(24)15(8-9-17(25)26)23-20(30)31-16(19(28)29)7-2-3-10-22-18(27)13-5-4-6-14(21)11-13/h4-6,11,15-16H,2-3,7-10H2,1H3,(H,22,27)(H,23,30)(H,25,26)(H,28,29)/t15-,16-/m0/s1/i21+1. The van der Waals surface area contributed by atoms with Crippen molar-refractivity contribution >= 4 is 33.0 Å². The van der Waals surface area contributed by atoms with Crippen molar-refractivity contribution in [1.82, 2.24) is 10.6 Å². The number of carbonyl (C=O) groups excluding carboxylic acids is 3. The van der Waals surface area contributed by atoms with Crippen LogP contribution in [-0.4, -0.2) is 58.6 Å². The fourth-order valence-corrected chi connectivity index (χ4v) is 3.31. The Bertz CT molecular complexity index is 814. The van der Waals surface area contributed by atoms with Crippen LogP contribution in [0.3, 0.4) is 0 Å². The number of alkyl carbamates (subject to hydrolysis) is 1. The van der Waals surface area contributed by atoms with Crippen LogP contribution in [0.15, 0.2) is 24.3 Å². The molecule has 2 atom stereocenters. The minimum atomic E-state index is -1.43. The Morgan fingerprint density at radius 3 is 2.39 bits per heavy atom. The molecule has 4 N–H and O–H groups in total. The summed E-state index contributed by atoms with van der Waals surface area (Å²) in [5, 5.41) is 22.9. The topological polar surface area (TPSA) is 159 Å². The molecule has 0 aliphatic rings. The molecule has 10 nitrogen and oxygen atoms in total. The summed E-state index contributed by atoms with van der Waals surface area (Å²) >= 11 is 1.46. The zero-order valence-corrected chi connectivity index (χ0v) is 19.9. The van der Waals surface area contributed by atoms with Gasteiger partial charge in [0.25, 0.3) is 0 Å². The number of benzene rings is 1. The van der Waals surface area contributed by atoms with Crippen LogP contribution in [0, 0.1) is 24.7 Å². The summed E-state index contributed by atoms with van der Waals surface area (Å²) in [5.41, 5.74) is 0.548. The van der Waals surface area contributed by atoms with Crippen LogP contribution in [0.2, 0.25) is 0 Å². The third kappa shape index (κ3) is 10.9. The minimum absolute atomic E-state index is 0.0190. The molecule has 0 heterocycles. The van der Waals surface area contributed by atoms with Crippen LogP contribution in [0.4, 0.5) is 4.79 Å². The predicted octanol–water partition coefficient (Wildman–Crippen LogP) is 0.763. The summed E-state index contributed by atoms with van der Waals surface area (Å²) in [6, 6.07) is 6.11. The van der Waals surface area contributed by atoms with Gasteiger partial charge in [-0.15, -0.1) is 0 Å². The Morgan fingerprint density at radius 1 is 1.10 bits per heavy atom.